The normalized spacial score (nSPS) is 13.3. The lowest BCUT2D eigenvalue weighted by molar-refractivity contribution is -0.137. The van der Waals surface area contributed by atoms with Crippen molar-refractivity contribution in [2.24, 2.45) is 0 Å². The van der Waals surface area contributed by atoms with Gasteiger partial charge >= 0.3 is 6.18 Å². The zero-order valence-electron chi connectivity index (χ0n) is 22.1. The van der Waals surface area contributed by atoms with E-state index in [1.165, 1.54) is 12.1 Å². The first-order chi connectivity index (χ1) is 19.2. The van der Waals surface area contributed by atoms with E-state index in [-0.39, 0.29) is 30.9 Å². The molecule has 1 aliphatic carbocycles. The Balaban J connectivity index is 1.35. The van der Waals surface area contributed by atoms with E-state index in [2.05, 4.69) is 4.98 Å². The summed E-state index contributed by atoms with van der Waals surface area (Å²) in [6.45, 7) is 0.371. The Morgan fingerprint density at radius 1 is 0.975 bits per heavy atom. The van der Waals surface area contributed by atoms with Gasteiger partial charge in [0.2, 0.25) is 5.91 Å². The summed E-state index contributed by atoms with van der Waals surface area (Å²) in [7, 11) is 1.55. The Hall–Kier alpha value is -4.27. The number of para-hydroxylation sites is 1. The number of nitrogens with zero attached hydrogens (tertiary/aromatic N) is 2. The largest absolute Gasteiger partial charge is 0.497 e. The van der Waals surface area contributed by atoms with E-state index in [1.807, 2.05) is 30.5 Å². The maximum atomic E-state index is 13.7. The van der Waals surface area contributed by atoms with Gasteiger partial charge in [0.1, 0.15) is 12.3 Å². The van der Waals surface area contributed by atoms with Gasteiger partial charge in [-0.3, -0.25) is 9.59 Å². The molecule has 6 nitrogen and oxygen atoms in total. The molecule has 0 bridgehead atoms. The van der Waals surface area contributed by atoms with Gasteiger partial charge in [0, 0.05) is 41.8 Å². The molecule has 0 aliphatic heterocycles. The fourth-order valence-electron chi connectivity index (χ4n) is 4.80. The van der Waals surface area contributed by atoms with Crippen LogP contribution in [-0.2, 0) is 23.9 Å². The second-order valence-corrected chi connectivity index (χ2v) is 10.0. The highest BCUT2D eigenvalue weighted by Gasteiger charge is 2.35. The van der Waals surface area contributed by atoms with Crippen LogP contribution in [0.4, 0.5) is 13.2 Å². The number of rotatable bonds is 10. The van der Waals surface area contributed by atoms with Gasteiger partial charge in [-0.2, -0.15) is 13.2 Å². The van der Waals surface area contributed by atoms with Crippen molar-refractivity contribution in [3.8, 4) is 5.75 Å². The first-order valence-electron chi connectivity index (χ1n) is 13.2. The molecule has 0 spiro atoms. The Morgan fingerprint density at radius 3 is 2.33 bits per heavy atom. The SMILES string of the molecule is COc1ccc(C(=O)N(CC(=O)N(CCc2c[nH]c3ccccc23)Cc2ccc(C(F)(F)F)cc2)C2CC2)cc1. The number of hydrogen-bond acceptors (Lipinski definition) is 3. The third-order valence-electron chi connectivity index (χ3n) is 7.22. The van der Waals surface area contributed by atoms with E-state index in [0.29, 0.717) is 29.8 Å². The zero-order chi connectivity index (χ0) is 28.3. The molecule has 1 fully saturated rings. The topological polar surface area (TPSA) is 65.6 Å². The molecular formula is C31H30F3N3O3. The van der Waals surface area contributed by atoms with E-state index in [4.69, 9.17) is 4.74 Å². The van der Waals surface area contributed by atoms with Crippen LogP contribution >= 0.6 is 0 Å². The molecule has 0 atom stereocenters. The van der Waals surface area contributed by atoms with Gasteiger partial charge in [-0.05, 0) is 72.9 Å². The quantitative estimate of drug-likeness (QED) is 0.261. The highest BCUT2D eigenvalue weighted by atomic mass is 19.4. The average molecular weight is 550 g/mol. The first kappa shape index (κ1) is 27.3. The standard InChI is InChI=1S/C31H30F3N3O3/c1-40-26-14-8-22(9-15-26)30(39)37(25-12-13-25)20-29(38)36(19-21-6-10-24(11-7-21)31(32,33)34)17-16-23-18-35-28-5-3-2-4-27(23)28/h2-11,14-15,18,25,35H,12-13,16-17,19-20H2,1H3. The minimum absolute atomic E-state index is 0.0138. The van der Waals surface area contributed by atoms with Crippen LogP contribution in [0.15, 0.2) is 79.0 Å². The number of amides is 2. The van der Waals surface area contributed by atoms with Crippen LogP contribution in [0.25, 0.3) is 10.9 Å². The molecule has 5 rings (SSSR count). The monoisotopic (exact) mass is 549 g/mol. The Labute approximate surface area is 230 Å². The summed E-state index contributed by atoms with van der Waals surface area (Å²) in [5, 5.41) is 1.05. The molecule has 1 saturated carbocycles. The Morgan fingerprint density at radius 2 is 1.68 bits per heavy atom. The summed E-state index contributed by atoms with van der Waals surface area (Å²) in [4.78, 5) is 33.5. The lowest BCUT2D eigenvalue weighted by Crippen LogP contribution is -2.44. The van der Waals surface area contributed by atoms with E-state index in [1.54, 1.807) is 41.2 Å². The van der Waals surface area contributed by atoms with Crippen molar-refractivity contribution in [1.82, 2.24) is 14.8 Å². The molecule has 40 heavy (non-hydrogen) atoms. The number of aromatic amines is 1. The van der Waals surface area contributed by atoms with Crippen LogP contribution in [0.5, 0.6) is 5.75 Å². The number of alkyl halides is 3. The van der Waals surface area contributed by atoms with Crippen LogP contribution in [0.2, 0.25) is 0 Å². The first-order valence-corrected chi connectivity index (χ1v) is 13.2. The van der Waals surface area contributed by atoms with Crippen molar-refractivity contribution in [3.05, 3.63) is 101 Å². The molecule has 1 aliphatic rings. The van der Waals surface area contributed by atoms with Crippen LogP contribution in [0.1, 0.15) is 39.9 Å². The van der Waals surface area contributed by atoms with E-state index < -0.39 is 11.7 Å². The number of aromatic nitrogens is 1. The van der Waals surface area contributed by atoms with Gasteiger partial charge in [0.15, 0.2) is 0 Å². The summed E-state index contributed by atoms with van der Waals surface area (Å²) in [5.74, 6) is 0.142. The van der Waals surface area contributed by atoms with Gasteiger partial charge in [-0.15, -0.1) is 0 Å². The fraction of sp³-hybridized carbons (Fsp3) is 0.290. The number of fused-ring (bicyclic) bond motifs is 1. The third kappa shape index (κ3) is 6.30. The minimum Gasteiger partial charge on any atom is -0.497 e. The molecule has 0 unspecified atom stereocenters. The predicted molar refractivity (Wildman–Crippen MR) is 146 cm³/mol. The van der Waals surface area contributed by atoms with Crippen molar-refractivity contribution in [3.63, 3.8) is 0 Å². The van der Waals surface area contributed by atoms with Gasteiger partial charge in [-0.1, -0.05) is 30.3 Å². The molecule has 1 heterocycles. The number of halogens is 3. The zero-order valence-corrected chi connectivity index (χ0v) is 22.1. The molecule has 0 saturated heterocycles. The highest BCUT2D eigenvalue weighted by molar-refractivity contribution is 5.97. The van der Waals surface area contributed by atoms with Crippen LogP contribution in [0, 0.1) is 0 Å². The predicted octanol–water partition coefficient (Wildman–Crippen LogP) is 6.07. The number of hydrogen-bond donors (Lipinski definition) is 1. The lowest BCUT2D eigenvalue weighted by atomic mass is 10.1. The molecule has 2 amide bonds. The van der Waals surface area contributed by atoms with Gasteiger partial charge in [0.05, 0.1) is 12.7 Å². The van der Waals surface area contributed by atoms with Crippen molar-refractivity contribution >= 4 is 22.7 Å². The summed E-state index contributed by atoms with van der Waals surface area (Å²) in [6.07, 6.45) is -0.329. The Bertz CT molecular complexity index is 1480. The second-order valence-electron chi connectivity index (χ2n) is 10.0. The average Bonchev–Trinajstić information content (AvgIpc) is 3.72. The lowest BCUT2D eigenvalue weighted by Gasteiger charge is -2.28. The molecular weight excluding hydrogens is 519 g/mol. The second kappa shape index (κ2) is 11.5. The van der Waals surface area contributed by atoms with Crippen LogP contribution < -0.4 is 4.74 Å². The third-order valence-corrected chi connectivity index (χ3v) is 7.22. The summed E-state index contributed by atoms with van der Waals surface area (Å²) >= 11 is 0. The van der Waals surface area contributed by atoms with Crippen molar-refractivity contribution in [2.75, 3.05) is 20.2 Å². The Kier molecular flexibility index (Phi) is 7.82. The molecule has 4 aromatic rings. The van der Waals surface area contributed by atoms with E-state index in [0.717, 1.165) is 41.4 Å². The fourth-order valence-corrected chi connectivity index (χ4v) is 4.80. The van der Waals surface area contributed by atoms with E-state index >= 15 is 0 Å². The number of benzene rings is 3. The minimum atomic E-state index is -4.43. The number of methoxy groups -OCH3 is 1. The summed E-state index contributed by atoms with van der Waals surface area (Å²) in [6, 6.07) is 19.5. The molecule has 9 heteroatoms. The smallest absolute Gasteiger partial charge is 0.416 e. The molecule has 1 N–H and O–H groups in total. The number of carbonyl (C=O) groups is 2. The van der Waals surface area contributed by atoms with Gasteiger partial charge in [0.25, 0.3) is 5.91 Å². The van der Waals surface area contributed by atoms with Gasteiger partial charge < -0.3 is 19.5 Å². The number of ether oxygens (including phenoxy) is 1. The molecule has 1 aromatic heterocycles. The number of nitrogens with one attached hydrogen (secondary N) is 1. The molecule has 0 radical (unpaired) electrons. The maximum absolute atomic E-state index is 13.7. The van der Waals surface area contributed by atoms with Crippen molar-refractivity contribution in [1.29, 1.82) is 0 Å². The van der Waals surface area contributed by atoms with Crippen molar-refractivity contribution in [2.45, 2.75) is 38.0 Å². The molecule has 208 valence electrons. The highest BCUT2D eigenvalue weighted by Crippen LogP contribution is 2.30. The summed E-state index contributed by atoms with van der Waals surface area (Å²) < 4.78 is 44.4. The maximum Gasteiger partial charge on any atom is 0.416 e. The number of carbonyl (C=O) groups excluding carboxylic acids is 2. The number of H-pyrrole nitrogens is 1. The van der Waals surface area contributed by atoms with E-state index in [9.17, 15) is 22.8 Å². The summed E-state index contributed by atoms with van der Waals surface area (Å²) in [5.41, 5.74) is 2.34. The van der Waals surface area contributed by atoms with Gasteiger partial charge in [-0.25, -0.2) is 0 Å². The van der Waals surface area contributed by atoms with Crippen molar-refractivity contribution < 1.29 is 27.5 Å². The molecule has 3 aromatic carbocycles. The van der Waals surface area contributed by atoms with Crippen LogP contribution in [-0.4, -0.2) is 52.8 Å². The van der Waals surface area contributed by atoms with Crippen LogP contribution in [0.3, 0.4) is 0 Å².